The Labute approximate surface area is 162 Å². The molecule has 1 aliphatic carbocycles. The number of hydrogen-bond acceptors (Lipinski definition) is 3. The van der Waals surface area contributed by atoms with Crippen molar-refractivity contribution in [3.05, 3.63) is 58.4 Å². The number of carbonyl (C=O) groups is 2. The minimum absolute atomic E-state index is 0.274. The van der Waals surface area contributed by atoms with Crippen molar-refractivity contribution in [3.8, 4) is 0 Å². The molecule has 1 heterocycles. The zero-order valence-electron chi connectivity index (χ0n) is 15.3. The van der Waals surface area contributed by atoms with E-state index in [1.807, 2.05) is 54.9 Å². The quantitative estimate of drug-likeness (QED) is 0.764. The number of rotatable bonds is 5. The van der Waals surface area contributed by atoms with Crippen LogP contribution in [0, 0.1) is 25.7 Å². The molecule has 3 rings (SSSR count). The Morgan fingerprint density at radius 3 is 2.44 bits per heavy atom. The number of aliphatic carboxylic acids is 1. The number of benzene rings is 1. The van der Waals surface area contributed by atoms with Gasteiger partial charge in [0.25, 0.3) is 0 Å². The molecule has 142 valence electrons. The van der Waals surface area contributed by atoms with Crippen LogP contribution in [0.25, 0.3) is 0 Å². The van der Waals surface area contributed by atoms with E-state index in [9.17, 15) is 14.7 Å². The number of carbonyl (C=O) groups excluding carboxylic acids is 1. The van der Waals surface area contributed by atoms with Gasteiger partial charge in [-0.05, 0) is 44.4 Å². The Hall–Kier alpha value is -2.60. The summed E-state index contributed by atoms with van der Waals surface area (Å²) >= 11 is 5.92. The zero-order chi connectivity index (χ0) is 19.6. The fraction of sp³-hybridized carbons (Fsp3) is 0.350. The first-order valence-electron chi connectivity index (χ1n) is 8.84. The fourth-order valence-electron chi connectivity index (χ4n) is 3.39. The number of allylic oxidation sites excluding steroid dienone is 2. The summed E-state index contributed by atoms with van der Waals surface area (Å²) in [6.45, 7) is 4.28. The molecule has 0 radical (unpaired) electrons. The minimum Gasteiger partial charge on any atom is -0.481 e. The highest BCUT2D eigenvalue weighted by Gasteiger charge is 2.34. The van der Waals surface area contributed by atoms with Gasteiger partial charge < -0.3 is 10.4 Å². The maximum Gasteiger partial charge on any atom is 0.307 e. The number of nitrogens with one attached hydrogen (secondary N) is 1. The molecule has 6 nitrogen and oxygen atoms in total. The average molecular weight is 388 g/mol. The average Bonchev–Trinajstić information content (AvgIpc) is 2.91. The maximum absolute atomic E-state index is 12.7. The number of aromatic nitrogens is 2. The van der Waals surface area contributed by atoms with Crippen LogP contribution >= 0.6 is 11.6 Å². The van der Waals surface area contributed by atoms with Crippen LogP contribution in [0.15, 0.2) is 36.4 Å². The normalized spacial score (nSPS) is 19.1. The molecule has 2 aromatic rings. The van der Waals surface area contributed by atoms with E-state index in [1.165, 1.54) is 0 Å². The van der Waals surface area contributed by atoms with E-state index in [0.29, 0.717) is 35.8 Å². The van der Waals surface area contributed by atoms with Crippen molar-refractivity contribution in [1.29, 1.82) is 0 Å². The molecular formula is C20H22ClN3O3. The Morgan fingerprint density at radius 2 is 1.81 bits per heavy atom. The van der Waals surface area contributed by atoms with E-state index in [2.05, 4.69) is 10.4 Å². The van der Waals surface area contributed by atoms with Crippen LogP contribution in [0.2, 0.25) is 5.02 Å². The molecule has 0 bridgehead atoms. The Kier molecular flexibility index (Phi) is 5.65. The first kappa shape index (κ1) is 19.2. The van der Waals surface area contributed by atoms with Gasteiger partial charge in [0.1, 0.15) is 0 Å². The van der Waals surface area contributed by atoms with Crippen molar-refractivity contribution in [3.63, 3.8) is 0 Å². The number of carboxylic acids is 1. The summed E-state index contributed by atoms with van der Waals surface area (Å²) in [5.74, 6) is -2.49. The topological polar surface area (TPSA) is 84.2 Å². The summed E-state index contributed by atoms with van der Waals surface area (Å²) in [6.07, 6.45) is 4.50. The third kappa shape index (κ3) is 4.22. The van der Waals surface area contributed by atoms with Crippen molar-refractivity contribution in [1.82, 2.24) is 9.78 Å². The number of aryl methyl sites for hydroxylation is 1. The molecule has 0 aliphatic heterocycles. The molecule has 0 fully saturated rings. The van der Waals surface area contributed by atoms with E-state index in [-0.39, 0.29) is 5.91 Å². The first-order valence-corrected chi connectivity index (χ1v) is 9.21. The van der Waals surface area contributed by atoms with Crippen LogP contribution in [0.3, 0.4) is 0 Å². The molecule has 0 saturated carbocycles. The lowest BCUT2D eigenvalue weighted by atomic mass is 9.82. The smallest absolute Gasteiger partial charge is 0.307 e. The SMILES string of the molecule is Cc1nn(Cc2ccc(Cl)cc2)c(C)c1NC(=O)[C@@H]1CC=CC[C@H]1C(=O)O. The van der Waals surface area contributed by atoms with Gasteiger partial charge in [0.2, 0.25) is 5.91 Å². The van der Waals surface area contributed by atoms with Gasteiger partial charge in [0, 0.05) is 5.02 Å². The van der Waals surface area contributed by atoms with Gasteiger partial charge in [0.05, 0.1) is 35.5 Å². The minimum atomic E-state index is -0.939. The third-order valence-electron chi connectivity index (χ3n) is 4.96. The molecule has 1 aromatic carbocycles. The first-order chi connectivity index (χ1) is 12.9. The van der Waals surface area contributed by atoms with Crippen molar-refractivity contribution in [2.24, 2.45) is 11.8 Å². The summed E-state index contributed by atoms with van der Waals surface area (Å²) in [4.78, 5) is 24.2. The molecule has 7 heteroatoms. The second kappa shape index (κ2) is 7.96. The molecule has 1 aliphatic rings. The number of amides is 1. The molecule has 1 aromatic heterocycles. The van der Waals surface area contributed by atoms with Gasteiger partial charge in [-0.1, -0.05) is 35.9 Å². The Bertz CT molecular complexity index is 887. The van der Waals surface area contributed by atoms with Crippen LogP contribution in [0.1, 0.15) is 29.8 Å². The Balaban J connectivity index is 1.78. The largest absolute Gasteiger partial charge is 0.481 e. The van der Waals surface area contributed by atoms with Crippen molar-refractivity contribution in [2.75, 3.05) is 5.32 Å². The monoisotopic (exact) mass is 387 g/mol. The molecule has 0 saturated heterocycles. The highest BCUT2D eigenvalue weighted by atomic mass is 35.5. The fourth-order valence-corrected chi connectivity index (χ4v) is 3.51. The van der Waals surface area contributed by atoms with Gasteiger partial charge >= 0.3 is 5.97 Å². The Morgan fingerprint density at radius 1 is 1.19 bits per heavy atom. The summed E-state index contributed by atoms with van der Waals surface area (Å²) in [7, 11) is 0. The number of halogens is 1. The number of nitrogens with zero attached hydrogens (tertiary/aromatic N) is 2. The maximum atomic E-state index is 12.7. The second-order valence-electron chi connectivity index (χ2n) is 6.81. The van der Waals surface area contributed by atoms with Gasteiger partial charge in [-0.15, -0.1) is 0 Å². The van der Waals surface area contributed by atoms with Crippen LogP contribution in [-0.2, 0) is 16.1 Å². The zero-order valence-corrected chi connectivity index (χ0v) is 16.0. The molecule has 1 amide bonds. The van der Waals surface area contributed by atoms with E-state index < -0.39 is 17.8 Å². The molecule has 2 atom stereocenters. The van der Waals surface area contributed by atoms with E-state index in [4.69, 9.17) is 11.6 Å². The van der Waals surface area contributed by atoms with Crippen molar-refractivity contribution < 1.29 is 14.7 Å². The summed E-state index contributed by atoms with van der Waals surface area (Å²) in [5, 5.41) is 17.5. The van der Waals surface area contributed by atoms with E-state index in [0.717, 1.165) is 11.3 Å². The summed E-state index contributed by atoms with van der Waals surface area (Å²) in [5.41, 5.74) is 3.22. The highest BCUT2D eigenvalue weighted by molar-refractivity contribution is 6.30. The van der Waals surface area contributed by atoms with Crippen molar-refractivity contribution in [2.45, 2.75) is 33.2 Å². The molecular weight excluding hydrogens is 366 g/mol. The molecule has 0 spiro atoms. The molecule has 27 heavy (non-hydrogen) atoms. The number of anilines is 1. The molecule has 0 unspecified atom stereocenters. The van der Waals surface area contributed by atoms with Crippen LogP contribution in [-0.4, -0.2) is 26.8 Å². The predicted octanol–water partition coefficient (Wildman–Crippen LogP) is 3.81. The number of hydrogen-bond donors (Lipinski definition) is 2. The van der Waals surface area contributed by atoms with Gasteiger partial charge in [-0.2, -0.15) is 5.10 Å². The predicted molar refractivity (Wildman–Crippen MR) is 104 cm³/mol. The van der Waals surface area contributed by atoms with Gasteiger partial charge in [0.15, 0.2) is 0 Å². The van der Waals surface area contributed by atoms with E-state index >= 15 is 0 Å². The third-order valence-corrected chi connectivity index (χ3v) is 5.21. The van der Waals surface area contributed by atoms with Crippen LogP contribution in [0.4, 0.5) is 5.69 Å². The van der Waals surface area contributed by atoms with Crippen molar-refractivity contribution >= 4 is 29.2 Å². The summed E-state index contributed by atoms with van der Waals surface area (Å²) in [6, 6.07) is 7.52. The lowest BCUT2D eigenvalue weighted by Crippen LogP contribution is -2.35. The van der Waals surface area contributed by atoms with E-state index in [1.54, 1.807) is 0 Å². The standard InChI is InChI=1S/C20H22ClN3O3/c1-12-18(22-19(25)16-5-3-4-6-17(16)20(26)27)13(2)24(23-12)11-14-7-9-15(21)10-8-14/h3-4,7-10,16-17H,5-6,11H2,1-2H3,(H,22,25)(H,26,27)/t16-,17-/m1/s1. The van der Waals surface area contributed by atoms with Crippen LogP contribution in [0.5, 0.6) is 0 Å². The van der Waals surface area contributed by atoms with Gasteiger partial charge in [-0.25, -0.2) is 0 Å². The van der Waals surface area contributed by atoms with Crippen LogP contribution < -0.4 is 5.32 Å². The molecule has 2 N–H and O–H groups in total. The second-order valence-corrected chi connectivity index (χ2v) is 7.25. The summed E-state index contributed by atoms with van der Waals surface area (Å²) < 4.78 is 1.82. The highest BCUT2D eigenvalue weighted by Crippen LogP contribution is 2.29. The number of carboxylic acid groups (broad SMARTS) is 1. The van der Waals surface area contributed by atoms with Gasteiger partial charge in [-0.3, -0.25) is 14.3 Å². The lowest BCUT2D eigenvalue weighted by Gasteiger charge is -2.24. The lowest BCUT2D eigenvalue weighted by molar-refractivity contribution is -0.146.